The summed E-state index contributed by atoms with van der Waals surface area (Å²) in [6, 6.07) is 11.9. The predicted octanol–water partition coefficient (Wildman–Crippen LogP) is 3.87. The summed E-state index contributed by atoms with van der Waals surface area (Å²) in [6.45, 7) is 2.66. The Kier molecular flexibility index (Phi) is 5.81. The van der Waals surface area contributed by atoms with E-state index in [0.29, 0.717) is 18.0 Å². The third-order valence-electron chi connectivity index (χ3n) is 4.45. The van der Waals surface area contributed by atoms with Crippen LogP contribution in [0.25, 0.3) is 17.0 Å². The van der Waals surface area contributed by atoms with E-state index in [4.69, 9.17) is 9.47 Å². The second-order valence-corrected chi connectivity index (χ2v) is 6.35. The first-order valence-electron chi connectivity index (χ1n) is 8.85. The number of carbonyl (C=O) groups excluding carboxylic acids is 1. The second kappa shape index (κ2) is 8.45. The average molecular weight is 364 g/mol. The topological polar surface area (TPSA) is 63.3 Å². The quantitative estimate of drug-likeness (QED) is 0.626. The summed E-state index contributed by atoms with van der Waals surface area (Å²) >= 11 is 0. The van der Waals surface area contributed by atoms with E-state index >= 15 is 0 Å². The van der Waals surface area contributed by atoms with Gasteiger partial charge >= 0.3 is 0 Å². The maximum atomic E-state index is 12.1. The molecule has 5 nitrogen and oxygen atoms in total. The van der Waals surface area contributed by atoms with E-state index in [1.165, 1.54) is 22.6 Å². The minimum absolute atomic E-state index is 0.124. The fourth-order valence-electron chi connectivity index (χ4n) is 3.01. The van der Waals surface area contributed by atoms with Crippen molar-refractivity contribution in [3.63, 3.8) is 0 Å². The SMILES string of the molecule is COc1ccc(C=CC(=O)NCCc2c[nH]c3ccc(C)cc23)cc1OC. The Morgan fingerprint density at radius 3 is 2.70 bits per heavy atom. The van der Waals surface area contributed by atoms with Crippen LogP contribution in [-0.2, 0) is 11.2 Å². The predicted molar refractivity (Wildman–Crippen MR) is 108 cm³/mol. The van der Waals surface area contributed by atoms with Crippen molar-refractivity contribution in [2.45, 2.75) is 13.3 Å². The number of amides is 1. The Bertz CT molecular complexity index is 973. The van der Waals surface area contributed by atoms with Gasteiger partial charge in [-0.3, -0.25) is 4.79 Å². The van der Waals surface area contributed by atoms with Crippen LogP contribution in [0.3, 0.4) is 0 Å². The number of aryl methyl sites for hydroxylation is 1. The molecular weight excluding hydrogens is 340 g/mol. The standard InChI is InChI=1S/C22H24N2O3/c1-15-4-7-19-18(12-15)17(14-24-19)10-11-23-22(25)9-6-16-5-8-20(26-2)21(13-16)27-3/h4-9,12-14,24H,10-11H2,1-3H3,(H,23,25). The molecule has 0 aliphatic carbocycles. The average Bonchev–Trinajstić information content (AvgIpc) is 3.08. The minimum atomic E-state index is -0.124. The van der Waals surface area contributed by atoms with Gasteiger partial charge in [0.15, 0.2) is 11.5 Å². The zero-order chi connectivity index (χ0) is 19.2. The van der Waals surface area contributed by atoms with Crippen molar-refractivity contribution in [3.05, 3.63) is 65.4 Å². The largest absolute Gasteiger partial charge is 0.493 e. The number of aromatic nitrogens is 1. The van der Waals surface area contributed by atoms with Crippen molar-refractivity contribution in [2.24, 2.45) is 0 Å². The molecule has 0 saturated heterocycles. The molecule has 0 bridgehead atoms. The summed E-state index contributed by atoms with van der Waals surface area (Å²) in [5.74, 6) is 1.17. The third-order valence-corrected chi connectivity index (χ3v) is 4.45. The number of methoxy groups -OCH3 is 2. The van der Waals surface area contributed by atoms with E-state index in [9.17, 15) is 4.79 Å². The first kappa shape index (κ1) is 18.6. The van der Waals surface area contributed by atoms with Gasteiger partial charge in [-0.1, -0.05) is 17.7 Å². The molecule has 1 heterocycles. The normalized spacial score (nSPS) is 11.1. The van der Waals surface area contributed by atoms with E-state index in [0.717, 1.165) is 17.5 Å². The highest BCUT2D eigenvalue weighted by Crippen LogP contribution is 2.27. The lowest BCUT2D eigenvalue weighted by Gasteiger charge is -2.07. The van der Waals surface area contributed by atoms with Gasteiger partial charge in [0.1, 0.15) is 0 Å². The lowest BCUT2D eigenvalue weighted by atomic mass is 10.1. The number of hydrogen-bond acceptors (Lipinski definition) is 3. The van der Waals surface area contributed by atoms with Crippen LogP contribution in [0.15, 0.2) is 48.7 Å². The van der Waals surface area contributed by atoms with Crippen LogP contribution in [0.1, 0.15) is 16.7 Å². The molecule has 0 unspecified atom stereocenters. The summed E-state index contributed by atoms with van der Waals surface area (Å²) in [5.41, 5.74) is 4.42. The van der Waals surface area contributed by atoms with E-state index in [1.807, 2.05) is 24.4 Å². The first-order valence-corrected chi connectivity index (χ1v) is 8.85. The number of fused-ring (bicyclic) bond motifs is 1. The van der Waals surface area contributed by atoms with Gasteiger partial charge in [0.2, 0.25) is 5.91 Å². The molecule has 3 rings (SSSR count). The molecule has 5 heteroatoms. The van der Waals surface area contributed by atoms with Crippen LogP contribution in [-0.4, -0.2) is 31.7 Å². The number of nitrogens with one attached hydrogen (secondary N) is 2. The van der Waals surface area contributed by atoms with Gasteiger partial charge in [0.25, 0.3) is 0 Å². The fraction of sp³-hybridized carbons (Fsp3) is 0.227. The molecule has 0 saturated carbocycles. The van der Waals surface area contributed by atoms with Gasteiger partial charge < -0.3 is 19.8 Å². The Morgan fingerprint density at radius 1 is 1.11 bits per heavy atom. The molecule has 1 amide bonds. The smallest absolute Gasteiger partial charge is 0.244 e. The zero-order valence-electron chi connectivity index (χ0n) is 15.8. The number of H-pyrrole nitrogens is 1. The van der Waals surface area contributed by atoms with Gasteiger partial charge in [-0.2, -0.15) is 0 Å². The Hall–Kier alpha value is -3.21. The molecule has 0 aliphatic heterocycles. The Morgan fingerprint density at radius 2 is 1.93 bits per heavy atom. The van der Waals surface area contributed by atoms with Crippen molar-refractivity contribution >= 4 is 22.9 Å². The highest BCUT2D eigenvalue weighted by molar-refractivity contribution is 5.92. The lowest BCUT2D eigenvalue weighted by molar-refractivity contribution is -0.116. The van der Waals surface area contributed by atoms with Gasteiger partial charge in [-0.25, -0.2) is 0 Å². The van der Waals surface area contributed by atoms with Crippen molar-refractivity contribution < 1.29 is 14.3 Å². The maximum Gasteiger partial charge on any atom is 0.244 e. The molecule has 140 valence electrons. The monoisotopic (exact) mass is 364 g/mol. The van der Waals surface area contributed by atoms with Crippen LogP contribution >= 0.6 is 0 Å². The minimum Gasteiger partial charge on any atom is -0.493 e. The lowest BCUT2D eigenvalue weighted by Crippen LogP contribution is -2.23. The molecule has 0 fully saturated rings. The van der Waals surface area contributed by atoms with Crippen LogP contribution in [0.4, 0.5) is 0 Å². The molecular formula is C22H24N2O3. The highest BCUT2D eigenvalue weighted by Gasteiger charge is 2.05. The number of carbonyl (C=O) groups is 1. The maximum absolute atomic E-state index is 12.1. The number of aromatic amines is 1. The van der Waals surface area contributed by atoms with Gasteiger partial charge in [0, 0.05) is 29.7 Å². The van der Waals surface area contributed by atoms with E-state index in [2.05, 4.69) is 35.4 Å². The molecule has 2 N–H and O–H groups in total. The molecule has 1 aromatic heterocycles. The van der Waals surface area contributed by atoms with E-state index < -0.39 is 0 Å². The summed E-state index contributed by atoms with van der Waals surface area (Å²) in [6.07, 6.45) is 6.07. The summed E-state index contributed by atoms with van der Waals surface area (Å²) in [7, 11) is 3.18. The zero-order valence-corrected chi connectivity index (χ0v) is 15.8. The van der Waals surface area contributed by atoms with Crippen molar-refractivity contribution in [3.8, 4) is 11.5 Å². The van der Waals surface area contributed by atoms with Gasteiger partial charge in [-0.05, 0) is 54.8 Å². The first-order chi connectivity index (χ1) is 13.1. The molecule has 0 radical (unpaired) electrons. The second-order valence-electron chi connectivity index (χ2n) is 6.35. The summed E-state index contributed by atoms with van der Waals surface area (Å²) < 4.78 is 10.5. The number of ether oxygens (including phenoxy) is 2. The van der Waals surface area contributed by atoms with Crippen LogP contribution in [0.2, 0.25) is 0 Å². The Labute approximate surface area is 159 Å². The van der Waals surface area contributed by atoms with Crippen molar-refractivity contribution in [1.29, 1.82) is 0 Å². The van der Waals surface area contributed by atoms with Gasteiger partial charge in [-0.15, -0.1) is 0 Å². The van der Waals surface area contributed by atoms with Crippen LogP contribution < -0.4 is 14.8 Å². The van der Waals surface area contributed by atoms with Crippen molar-refractivity contribution in [1.82, 2.24) is 10.3 Å². The summed E-state index contributed by atoms with van der Waals surface area (Å²) in [4.78, 5) is 15.3. The summed E-state index contributed by atoms with van der Waals surface area (Å²) in [5, 5.41) is 4.14. The third kappa shape index (κ3) is 4.50. The fourth-order valence-corrected chi connectivity index (χ4v) is 3.01. The molecule has 2 aromatic carbocycles. The van der Waals surface area contributed by atoms with E-state index in [1.54, 1.807) is 20.3 Å². The molecule has 0 atom stereocenters. The molecule has 3 aromatic rings. The molecule has 0 aliphatic rings. The Balaban J connectivity index is 1.56. The number of rotatable bonds is 7. The molecule has 0 spiro atoms. The molecule has 27 heavy (non-hydrogen) atoms. The van der Waals surface area contributed by atoms with Crippen LogP contribution in [0, 0.1) is 6.92 Å². The van der Waals surface area contributed by atoms with Crippen LogP contribution in [0.5, 0.6) is 11.5 Å². The highest BCUT2D eigenvalue weighted by atomic mass is 16.5. The van der Waals surface area contributed by atoms with Crippen molar-refractivity contribution in [2.75, 3.05) is 20.8 Å². The number of hydrogen-bond donors (Lipinski definition) is 2. The van der Waals surface area contributed by atoms with Gasteiger partial charge in [0.05, 0.1) is 14.2 Å². The number of benzene rings is 2. The van der Waals surface area contributed by atoms with E-state index in [-0.39, 0.29) is 5.91 Å².